The maximum Gasteiger partial charge on any atom is 0.159 e. The molecule has 0 aliphatic carbocycles. The first-order chi connectivity index (χ1) is 32.2. The van der Waals surface area contributed by atoms with Gasteiger partial charge in [-0.25, -0.2) is 0 Å². The third-order valence-electron chi connectivity index (χ3n) is 12.6. The molecule has 0 saturated heterocycles. The van der Waals surface area contributed by atoms with Gasteiger partial charge in [-0.15, -0.1) is 0 Å². The normalized spacial score (nSPS) is 11.4. The molecule has 0 amide bonds. The molecule has 0 aliphatic heterocycles. The summed E-state index contributed by atoms with van der Waals surface area (Å²) >= 11 is 0. The second kappa shape index (κ2) is 16.2. The first kappa shape index (κ1) is 38.0. The van der Waals surface area contributed by atoms with E-state index in [4.69, 9.17) is 4.42 Å². The number of anilines is 6. The van der Waals surface area contributed by atoms with Crippen molar-refractivity contribution in [1.82, 2.24) is 0 Å². The summed E-state index contributed by atoms with van der Waals surface area (Å²) in [6.07, 6.45) is 0. The Hall–Kier alpha value is -8.66. The minimum absolute atomic E-state index is 0.817. The Morgan fingerprint density at radius 1 is 0.262 bits per heavy atom. The van der Waals surface area contributed by atoms with Crippen LogP contribution in [0.4, 0.5) is 34.1 Å². The van der Waals surface area contributed by atoms with Crippen molar-refractivity contribution < 1.29 is 4.42 Å². The minimum atomic E-state index is 0.817. The second-order valence-electron chi connectivity index (χ2n) is 16.6. The van der Waals surface area contributed by atoms with Crippen molar-refractivity contribution in [1.29, 1.82) is 0 Å². The number of hydrogen-bond acceptors (Lipinski definition) is 3. The molecule has 3 nitrogen and oxygen atoms in total. The van der Waals surface area contributed by atoms with E-state index in [0.717, 1.165) is 83.7 Å². The zero-order chi connectivity index (χ0) is 43.1. The zero-order valence-electron chi connectivity index (χ0n) is 35.6. The molecule has 0 N–H and O–H groups in total. The summed E-state index contributed by atoms with van der Waals surface area (Å²) in [6, 6.07) is 91.4. The van der Waals surface area contributed by atoms with Gasteiger partial charge in [-0.05, 0) is 134 Å². The highest BCUT2D eigenvalue weighted by atomic mass is 16.3. The molecule has 0 unspecified atom stereocenters. The van der Waals surface area contributed by atoms with E-state index in [-0.39, 0.29) is 0 Å². The molecule has 65 heavy (non-hydrogen) atoms. The highest BCUT2D eigenvalue weighted by Crippen LogP contribution is 2.49. The van der Waals surface area contributed by atoms with Gasteiger partial charge in [0, 0.05) is 39.2 Å². The summed E-state index contributed by atoms with van der Waals surface area (Å²) in [4.78, 5) is 4.74. The van der Waals surface area contributed by atoms with Gasteiger partial charge in [0.25, 0.3) is 0 Å². The number of nitrogens with zero attached hydrogens (tertiary/aromatic N) is 2. The molecule has 1 aromatic heterocycles. The van der Waals surface area contributed by atoms with E-state index < -0.39 is 0 Å². The lowest BCUT2D eigenvalue weighted by Gasteiger charge is -2.30. The number of hydrogen-bond donors (Lipinski definition) is 0. The quantitative estimate of drug-likeness (QED) is 0.144. The van der Waals surface area contributed by atoms with Gasteiger partial charge in [-0.3, -0.25) is 0 Å². The molecule has 0 aliphatic rings. The summed E-state index contributed by atoms with van der Waals surface area (Å²) in [7, 11) is 0. The molecule has 306 valence electrons. The van der Waals surface area contributed by atoms with Crippen LogP contribution in [0.1, 0.15) is 0 Å². The van der Waals surface area contributed by atoms with E-state index >= 15 is 0 Å². The molecule has 12 rings (SSSR count). The summed E-state index contributed by atoms with van der Waals surface area (Å²) in [5.74, 6) is 0. The monoisotopic (exact) mass is 830 g/mol. The molecule has 0 atom stereocenters. The van der Waals surface area contributed by atoms with E-state index in [2.05, 4.69) is 265 Å². The fraction of sp³-hybridized carbons (Fsp3) is 0. The molecule has 0 spiro atoms. The molecule has 0 fully saturated rings. The summed E-state index contributed by atoms with van der Waals surface area (Å²) in [5.41, 5.74) is 14.7. The van der Waals surface area contributed by atoms with Crippen LogP contribution < -0.4 is 9.80 Å². The Balaban J connectivity index is 1.13. The van der Waals surface area contributed by atoms with Crippen LogP contribution in [-0.2, 0) is 0 Å². The van der Waals surface area contributed by atoms with Crippen molar-refractivity contribution in [2.24, 2.45) is 0 Å². The van der Waals surface area contributed by atoms with Crippen molar-refractivity contribution in [2.75, 3.05) is 9.80 Å². The first-order valence-electron chi connectivity index (χ1n) is 22.2. The average Bonchev–Trinajstić information content (AvgIpc) is 3.74. The first-order valence-corrected chi connectivity index (χ1v) is 22.2. The van der Waals surface area contributed by atoms with Crippen molar-refractivity contribution in [3.8, 4) is 33.4 Å². The van der Waals surface area contributed by atoms with E-state index in [1.165, 1.54) is 27.3 Å². The molecule has 3 heteroatoms. The topological polar surface area (TPSA) is 19.6 Å². The number of para-hydroxylation sites is 2. The second-order valence-corrected chi connectivity index (χ2v) is 16.6. The van der Waals surface area contributed by atoms with Crippen molar-refractivity contribution in [2.45, 2.75) is 0 Å². The highest BCUT2D eigenvalue weighted by molar-refractivity contribution is 6.15. The van der Waals surface area contributed by atoms with Gasteiger partial charge in [-0.1, -0.05) is 176 Å². The summed E-state index contributed by atoms with van der Waals surface area (Å²) < 4.78 is 7.09. The average molecular weight is 831 g/mol. The fourth-order valence-electron chi connectivity index (χ4n) is 9.45. The Bertz CT molecular complexity index is 3660. The lowest BCUT2D eigenvalue weighted by atomic mass is 9.92. The Labute approximate surface area is 378 Å². The predicted molar refractivity (Wildman–Crippen MR) is 274 cm³/mol. The maximum atomic E-state index is 7.09. The molecule has 0 radical (unpaired) electrons. The Kier molecular flexibility index (Phi) is 9.50. The third-order valence-corrected chi connectivity index (χ3v) is 12.6. The Morgan fingerprint density at radius 3 is 1.52 bits per heavy atom. The lowest BCUT2D eigenvalue weighted by Crippen LogP contribution is -2.14. The van der Waals surface area contributed by atoms with Gasteiger partial charge in [0.05, 0.1) is 5.69 Å². The lowest BCUT2D eigenvalue weighted by molar-refractivity contribution is 0.669. The largest absolute Gasteiger partial charge is 0.454 e. The third kappa shape index (κ3) is 7.06. The number of rotatable bonds is 9. The molecule has 0 bridgehead atoms. The number of furan rings is 1. The van der Waals surface area contributed by atoms with Crippen molar-refractivity contribution in [3.63, 3.8) is 0 Å². The minimum Gasteiger partial charge on any atom is -0.454 e. The van der Waals surface area contributed by atoms with Crippen molar-refractivity contribution in [3.05, 3.63) is 255 Å². The van der Waals surface area contributed by atoms with Gasteiger partial charge in [0.1, 0.15) is 5.58 Å². The fourth-order valence-corrected chi connectivity index (χ4v) is 9.45. The van der Waals surface area contributed by atoms with Crippen molar-refractivity contribution >= 4 is 77.6 Å². The summed E-state index contributed by atoms with van der Waals surface area (Å²) in [5, 5.41) is 6.86. The standard InChI is InChI=1S/C62H42N2O/c1-5-18-43(19-6-1)47-26-17-31-53(37-47)64(52-29-11-4-12-30-52)60-42-55(41-59-58-38-48-24-15-16-25-49(48)39-61(58)65-62(59)60)63(51-27-9-3-10-28-51)54-34-35-56(57(40-54)45-21-7-2-8-22-45)50-33-32-44-20-13-14-23-46(44)36-50/h1-42H. The number of fused-ring (bicyclic) bond motifs is 5. The van der Waals surface area contributed by atoms with Gasteiger partial charge in [0.15, 0.2) is 5.58 Å². The number of benzene rings is 11. The van der Waals surface area contributed by atoms with Crippen LogP contribution in [0.15, 0.2) is 259 Å². The van der Waals surface area contributed by atoms with Gasteiger partial charge in [-0.2, -0.15) is 0 Å². The zero-order valence-corrected chi connectivity index (χ0v) is 35.6. The molecule has 0 saturated carbocycles. The van der Waals surface area contributed by atoms with E-state index in [1.54, 1.807) is 0 Å². The van der Waals surface area contributed by atoms with Crippen LogP contribution in [0.2, 0.25) is 0 Å². The molecular weight excluding hydrogens is 789 g/mol. The Morgan fingerprint density at radius 2 is 0.815 bits per heavy atom. The van der Waals surface area contributed by atoms with Gasteiger partial charge >= 0.3 is 0 Å². The van der Waals surface area contributed by atoms with Gasteiger partial charge in [0.2, 0.25) is 0 Å². The van der Waals surface area contributed by atoms with Gasteiger partial charge < -0.3 is 14.2 Å². The predicted octanol–water partition coefficient (Wildman–Crippen LogP) is 17.8. The van der Waals surface area contributed by atoms with Crippen LogP contribution in [0.25, 0.3) is 76.9 Å². The molecule has 1 heterocycles. The van der Waals surface area contributed by atoms with Crippen LogP contribution in [0.5, 0.6) is 0 Å². The summed E-state index contributed by atoms with van der Waals surface area (Å²) in [6.45, 7) is 0. The smallest absolute Gasteiger partial charge is 0.159 e. The maximum absolute atomic E-state index is 7.09. The SMILES string of the molecule is c1ccc(-c2cccc(N(c3ccccc3)c3cc(N(c4ccccc4)c4ccc(-c5ccc6ccccc6c5)c(-c5ccccc5)c4)cc4c3oc3cc5ccccc5cc34)c2)cc1. The van der Waals surface area contributed by atoms with Crippen LogP contribution in [0.3, 0.4) is 0 Å². The van der Waals surface area contributed by atoms with Crippen LogP contribution >= 0.6 is 0 Å². The molecule has 11 aromatic carbocycles. The molecular formula is C62H42N2O. The highest BCUT2D eigenvalue weighted by Gasteiger charge is 2.25. The van der Waals surface area contributed by atoms with E-state index in [9.17, 15) is 0 Å². The van der Waals surface area contributed by atoms with E-state index in [1.807, 2.05) is 0 Å². The van der Waals surface area contributed by atoms with E-state index in [0.29, 0.717) is 0 Å². The van der Waals surface area contributed by atoms with Crippen LogP contribution in [0, 0.1) is 0 Å². The molecule has 12 aromatic rings. The van der Waals surface area contributed by atoms with Crippen LogP contribution in [-0.4, -0.2) is 0 Å².